The lowest BCUT2D eigenvalue weighted by atomic mass is 9.87. The Labute approximate surface area is 159 Å². The van der Waals surface area contributed by atoms with Crippen LogP contribution in [0.4, 0.5) is 0 Å². The van der Waals surface area contributed by atoms with Gasteiger partial charge < -0.3 is 14.3 Å². The van der Waals surface area contributed by atoms with Crippen molar-refractivity contribution in [2.24, 2.45) is 5.10 Å². The van der Waals surface area contributed by atoms with E-state index in [0.29, 0.717) is 22.8 Å². The molecular weight excluding hydrogens is 344 g/mol. The van der Waals surface area contributed by atoms with E-state index >= 15 is 0 Å². The first-order valence-corrected chi connectivity index (χ1v) is 8.82. The number of aliphatic carboxylic acids is 1. The number of hydrogen-bond donors (Lipinski definition) is 1. The Hall–Kier alpha value is -2.89. The number of aryl methyl sites for hydroxylation is 2. The SMILES string of the molecule is C/C(=N/NC(=O)c1ccc(C(C)(C)C)cc1)c1cc(CCC(=O)[O-])oc1C. The predicted octanol–water partition coefficient (Wildman–Crippen LogP) is 2.72. The zero-order chi connectivity index (χ0) is 20.2. The number of hydrogen-bond acceptors (Lipinski definition) is 5. The number of carbonyl (C=O) groups is 2. The van der Waals surface area contributed by atoms with E-state index in [1.165, 1.54) is 0 Å². The highest BCUT2D eigenvalue weighted by molar-refractivity contribution is 6.01. The van der Waals surface area contributed by atoms with E-state index in [1.54, 1.807) is 32.0 Å². The first kappa shape index (κ1) is 20.4. The van der Waals surface area contributed by atoms with Crippen molar-refractivity contribution in [3.8, 4) is 0 Å². The average molecular weight is 369 g/mol. The smallest absolute Gasteiger partial charge is 0.271 e. The molecule has 0 aliphatic rings. The van der Waals surface area contributed by atoms with Crippen LogP contribution in [0.15, 0.2) is 39.9 Å². The molecule has 0 saturated heterocycles. The van der Waals surface area contributed by atoms with Crippen LogP contribution < -0.4 is 10.5 Å². The first-order chi connectivity index (χ1) is 12.6. The molecule has 0 fully saturated rings. The van der Waals surface area contributed by atoms with Crippen LogP contribution >= 0.6 is 0 Å². The van der Waals surface area contributed by atoms with Gasteiger partial charge in [0.2, 0.25) is 0 Å². The van der Waals surface area contributed by atoms with E-state index in [-0.39, 0.29) is 24.2 Å². The molecule has 0 atom stereocenters. The van der Waals surface area contributed by atoms with Crippen LogP contribution in [0, 0.1) is 6.92 Å². The fourth-order valence-electron chi connectivity index (χ4n) is 2.63. The molecule has 1 aromatic heterocycles. The molecule has 0 bridgehead atoms. The second kappa shape index (κ2) is 8.20. The van der Waals surface area contributed by atoms with Gasteiger partial charge in [-0.25, -0.2) is 5.43 Å². The number of nitrogens with one attached hydrogen (secondary N) is 1. The second-order valence-corrected chi connectivity index (χ2v) is 7.52. The molecule has 0 aliphatic carbocycles. The zero-order valence-corrected chi connectivity index (χ0v) is 16.4. The fraction of sp³-hybridized carbons (Fsp3) is 0.381. The maximum Gasteiger partial charge on any atom is 0.271 e. The number of hydrazone groups is 1. The lowest BCUT2D eigenvalue weighted by Gasteiger charge is -2.18. The van der Waals surface area contributed by atoms with Gasteiger partial charge in [0, 0.05) is 23.5 Å². The third-order valence-corrected chi connectivity index (χ3v) is 4.27. The Bertz CT molecular complexity index is 855. The molecule has 2 aromatic rings. The quantitative estimate of drug-likeness (QED) is 0.626. The number of carbonyl (C=O) groups excluding carboxylic acids is 2. The zero-order valence-electron chi connectivity index (χ0n) is 16.4. The summed E-state index contributed by atoms with van der Waals surface area (Å²) >= 11 is 0. The van der Waals surface area contributed by atoms with Gasteiger partial charge in [-0.3, -0.25) is 4.79 Å². The molecule has 6 heteroatoms. The third-order valence-electron chi connectivity index (χ3n) is 4.27. The molecular formula is C21H25N2O4-. The summed E-state index contributed by atoms with van der Waals surface area (Å²) in [6.45, 7) is 9.87. The molecule has 0 unspecified atom stereocenters. The van der Waals surface area contributed by atoms with Crippen LogP contribution in [0.3, 0.4) is 0 Å². The summed E-state index contributed by atoms with van der Waals surface area (Å²) < 4.78 is 5.54. The molecule has 6 nitrogen and oxygen atoms in total. The van der Waals surface area contributed by atoms with Gasteiger partial charge in [-0.05, 0) is 49.4 Å². The Balaban J connectivity index is 2.06. The van der Waals surface area contributed by atoms with Gasteiger partial charge >= 0.3 is 0 Å². The maximum absolute atomic E-state index is 12.3. The monoisotopic (exact) mass is 369 g/mol. The van der Waals surface area contributed by atoms with Crippen LogP contribution in [0.1, 0.15) is 67.1 Å². The largest absolute Gasteiger partial charge is 0.550 e. The number of furan rings is 1. The number of carboxylic acid groups (broad SMARTS) is 1. The second-order valence-electron chi connectivity index (χ2n) is 7.52. The van der Waals surface area contributed by atoms with Crippen molar-refractivity contribution in [2.75, 3.05) is 0 Å². The van der Waals surface area contributed by atoms with Gasteiger partial charge in [0.15, 0.2) is 0 Å². The van der Waals surface area contributed by atoms with Crippen LogP contribution in [0.25, 0.3) is 0 Å². The van der Waals surface area contributed by atoms with E-state index in [1.807, 2.05) is 12.1 Å². The highest BCUT2D eigenvalue weighted by Gasteiger charge is 2.15. The summed E-state index contributed by atoms with van der Waals surface area (Å²) in [4.78, 5) is 22.9. The van der Waals surface area contributed by atoms with Crippen molar-refractivity contribution in [3.63, 3.8) is 0 Å². The van der Waals surface area contributed by atoms with Crippen LogP contribution in [-0.4, -0.2) is 17.6 Å². The van der Waals surface area contributed by atoms with Crippen molar-refractivity contribution in [3.05, 3.63) is 58.5 Å². The maximum atomic E-state index is 12.3. The standard InChI is InChI=1S/C21H26N2O4/c1-13(18-12-17(27-14(18)2)10-11-19(24)25)22-23-20(26)15-6-8-16(9-7-15)21(3,4)5/h6-9,12H,10-11H2,1-5H3,(H,23,26)(H,24,25)/p-1/b22-13-. The van der Waals surface area contributed by atoms with Crippen molar-refractivity contribution in [1.29, 1.82) is 0 Å². The summed E-state index contributed by atoms with van der Waals surface area (Å²) in [6, 6.07) is 9.18. The van der Waals surface area contributed by atoms with Crippen molar-refractivity contribution in [1.82, 2.24) is 5.43 Å². The van der Waals surface area contributed by atoms with Gasteiger partial charge in [-0.1, -0.05) is 32.9 Å². The van der Waals surface area contributed by atoms with Gasteiger partial charge in [0.05, 0.1) is 5.71 Å². The highest BCUT2D eigenvalue weighted by atomic mass is 16.4. The number of nitrogens with zero attached hydrogens (tertiary/aromatic N) is 1. The molecule has 2 rings (SSSR count). The van der Waals surface area contributed by atoms with Crippen LogP contribution in [0.2, 0.25) is 0 Å². The molecule has 1 aromatic carbocycles. The van der Waals surface area contributed by atoms with E-state index in [0.717, 1.165) is 11.1 Å². The van der Waals surface area contributed by atoms with E-state index in [2.05, 4.69) is 31.3 Å². The minimum absolute atomic E-state index is 0.0248. The normalized spacial score (nSPS) is 12.1. The van der Waals surface area contributed by atoms with Gasteiger partial charge in [0.25, 0.3) is 5.91 Å². The van der Waals surface area contributed by atoms with E-state index in [4.69, 9.17) is 4.42 Å². The lowest BCUT2D eigenvalue weighted by Crippen LogP contribution is -2.22. The van der Waals surface area contributed by atoms with Crippen LogP contribution in [0.5, 0.6) is 0 Å². The minimum Gasteiger partial charge on any atom is -0.550 e. The van der Waals surface area contributed by atoms with Gasteiger partial charge in [-0.2, -0.15) is 5.10 Å². The number of rotatable bonds is 6. The molecule has 0 spiro atoms. The molecule has 1 N–H and O–H groups in total. The van der Waals surface area contributed by atoms with Gasteiger partial charge in [-0.15, -0.1) is 0 Å². The summed E-state index contributed by atoms with van der Waals surface area (Å²) in [5.74, 6) is -0.257. The molecule has 27 heavy (non-hydrogen) atoms. The van der Waals surface area contributed by atoms with E-state index in [9.17, 15) is 14.7 Å². The predicted molar refractivity (Wildman–Crippen MR) is 102 cm³/mol. The lowest BCUT2D eigenvalue weighted by molar-refractivity contribution is -0.305. The minimum atomic E-state index is -1.12. The Kier molecular flexibility index (Phi) is 6.20. The molecule has 0 radical (unpaired) electrons. The highest BCUT2D eigenvalue weighted by Crippen LogP contribution is 2.22. The van der Waals surface area contributed by atoms with Crippen molar-refractivity contribution in [2.45, 2.75) is 52.9 Å². The topological polar surface area (TPSA) is 94.7 Å². The Morgan fingerprint density at radius 3 is 2.37 bits per heavy atom. The van der Waals surface area contributed by atoms with Gasteiger partial charge in [0.1, 0.15) is 11.5 Å². The van der Waals surface area contributed by atoms with Crippen molar-refractivity contribution < 1.29 is 19.1 Å². The summed E-state index contributed by atoms with van der Waals surface area (Å²) in [5, 5.41) is 14.7. The molecule has 144 valence electrons. The summed E-state index contributed by atoms with van der Waals surface area (Å²) in [5.41, 5.74) is 5.55. The molecule has 0 aliphatic heterocycles. The molecule has 1 amide bonds. The first-order valence-electron chi connectivity index (χ1n) is 8.82. The number of amides is 1. The fourth-order valence-corrected chi connectivity index (χ4v) is 2.63. The summed E-state index contributed by atoms with van der Waals surface area (Å²) in [6.07, 6.45) is 0.146. The number of carboxylic acids is 1. The third kappa shape index (κ3) is 5.54. The Morgan fingerprint density at radius 2 is 1.81 bits per heavy atom. The molecule has 1 heterocycles. The van der Waals surface area contributed by atoms with E-state index < -0.39 is 5.97 Å². The van der Waals surface area contributed by atoms with Crippen LogP contribution in [-0.2, 0) is 16.6 Å². The average Bonchev–Trinajstić information content (AvgIpc) is 2.98. The summed E-state index contributed by atoms with van der Waals surface area (Å²) in [7, 11) is 0. The number of benzene rings is 1. The van der Waals surface area contributed by atoms with Crippen molar-refractivity contribution >= 4 is 17.6 Å². The Morgan fingerprint density at radius 1 is 1.19 bits per heavy atom. The molecule has 0 saturated carbocycles.